The number of amides is 1. The van der Waals surface area contributed by atoms with E-state index in [9.17, 15) is 9.18 Å². The summed E-state index contributed by atoms with van der Waals surface area (Å²) in [5.41, 5.74) is 1.73. The largest absolute Gasteiger partial charge is 0.360 e. The van der Waals surface area contributed by atoms with Crippen LogP contribution in [0.4, 0.5) is 10.1 Å². The molecular weight excluding hydrogens is 341 g/mol. The Balaban J connectivity index is 1.32. The van der Waals surface area contributed by atoms with E-state index in [0.717, 1.165) is 44.8 Å². The lowest BCUT2D eigenvalue weighted by atomic mass is 9.65. The molecule has 3 fully saturated rings. The minimum Gasteiger partial charge on any atom is -0.360 e. The van der Waals surface area contributed by atoms with Gasteiger partial charge >= 0.3 is 0 Å². The van der Waals surface area contributed by atoms with E-state index >= 15 is 0 Å². The lowest BCUT2D eigenvalue weighted by molar-refractivity contribution is -0.892. The highest BCUT2D eigenvalue weighted by atomic mass is 19.1. The van der Waals surface area contributed by atoms with E-state index < -0.39 is 0 Å². The summed E-state index contributed by atoms with van der Waals surface area (Å²) in [4.78, 5) is 18.9. The minimum atomic E-state index is -0.193. The fourth-order valence-electron chi connectivity index (χ4n) is 5.98. The van der Waals surface area contributed by atoms with Crippen LogP contribution in [0.5, 0.6) is 0 Å². The highest BCUT2D eigenvalue weighted by Crippen LogP contribution is 2.52. The summed E-state index contributed by atoms with van der Waals surface area (Å²) in [6.07, 6.45) is 3.54. The molecule has 0 aromatic heterocycles. The van der Waals surface area contributed by atoms with Gasteiger partial charge in [0.05, 0.1) is 26.2 Å². The van der Waals surface area contributed by atoms with Crippen molar-refractivity contribution in [1.29, 1.82) is 0 Å². The molecule has 2 aliphatic heterocycles. The zero-order valence-electron chi connectivity index (χ0n) is 16.9. The quantitative estimate of drug-likeness (QED) is 0.876. The predicted octanol–water partition coefficient (Wildman–Crippen LogP) is 1.96. The molecule has 27 heavy (non-hydrogen) atoms. The average molecular weight is 375 g/mol. The molecule has 1 aromatic rings. The van der Waals surface area contributed by atoms with Gasteiger partial charge in [0.15, 0.2) is 6.54 Å². The second-order valence-corrected chi connectivity index (χ2v) is 10.1. The Morgan fingerprint density at radius 2 is 1.81 bits per heavy atom. The molecule has 4 nitrogen and oxygen atoms in total. The molecule has 0 unspecified atom stereocenters. The van der Waals surface area contributed by atoms with Crippen LogP contribution in [0, 0.1) is 16.6 Å². The molecule has 3 aliphatic rings. The Hall–Kier alpha value is -1.62. The van der Waals surface area contributed by atoms with Crippen LogP contribution in [0.25, 0.3) is 0 Å². The number of hydrogen-bond acceptors (Lipinski definition) is 2. The molecule has 5 heteroatoms. The topological polar surface area (TPSA) is 28.0 Å². The average Bonchev–Trinajstić information content (AvgIpc) is 2.85. The van der Waals surface area contributed by atoms with Gasteiger partial charge in [-0.2, -0.15) is 0 Å². The van der Waals surface area contributed by atoms with Crippen molar-refractivity contribution in [2.45, 2.75) is 46.1 Å². The van der Waals surface area contributed by atoms with Crippen LogP contribution >= 0.6 is 0 Å². The monoisotopic (exact) mass is 374 g/mol. The summed E-state index contributed by atoms with van der Waals surface area (Å²) in [6, 6.07) is 7.17. The van der Waals surface area contributed by atoms with Crippen LogP contribution in [-0.4, -0.2) is 56.1 Å². The number of anilines is 1. The van der Waals surface area contributed by atoms with Gasteiger partial charge in [-0.1, -0.05) is 20.8 Å². The molecule has 1 N–H and O–H groups in total. The van der Waals surface area contributed by atoms with Crippen LogP contribution in [0.2, 0.25) is 0 Å². The number of carbonyl (C=O) groups excluding carboxylic acids is 1. The molecule has 1 amide bonds. The normalized spacial score (nSPS) is 30.6. The van der Waals surface area contributed by atoms with Crippen molar-refractivity contribution >= 4 is 11.6 Å². The summed E-state index contributed by atoms with van der Waals surface area (Å²) < 4.78 is 13.1. The number of quaternary nitrogens is 1. The Morgan fingerprint density at radius 3 is 2.48 bits per heavy atom. The zero-order chi connectivity index (χ0) is 19.2. The molecule has 1 saturated carbocycles. The highest BCUT2D eigenvalue weighted by molar-refractivity contribution is 5.78. The number of nitrogens with zero attached hydrogens (tertiary/aromatic N) is 2. The van der Waals surface area contributed by atoms with Crippen LogP contribution in [-0.2, 0) is 4.79 Å². The van der Waals surface area contributed by atoms with E-state index in [1.165, 1.54) is 29.9 Å². The summed E-state index contributed by atoms with van der Waals surface area (Å²) in [5.74, 6) is 0.146. The summed E-state index contributed by atoms with van der Waals surface area (Å²) in [6.45, 7) is 12.4. The number of nitrogens with one attached hydrogen (secondary N) is 1. The highest BCUT2D eigenvalue weighted by Gasteiger charge is 2.51. The smallest absolute Gasteiger partial charge is 0.278 e. The molecule has 2 bridgehead atoms. The third-order valence-electron chi connectivity index (χ3n) is 6.80. The van der Waals surface area contributed by atoms with Gasteiger partial charge in [-0.05, 0) is 54.4 Å². The fourth-order valence-corrected chi connectivity index (χ4v) is 5.98. The number of piperazine rings is 1. The Labute approximate surface area is 162 Å². The first-order valence-electron chi connectivity index (χ1n) is 10.4. The van der Waals surface area contributed by atoms with E-state index in [4.69, 9.17) is 0 Å². The van der Waals surface area contributed by atoms with E-state index in [0.29, 0.717) is 29.3 Å². The summed E-state index contributed by atoms with van der Waals surface area (Å²) in [5, 5.41) is 0. The Morgan fingerprint density at radius 1 is 1.15 bits per heavy atom. The van der Waals surface area contributed by atoms with Gasteiger partial charge in [0.25, 0.3) is 5.91 Å². The third kappa shape index (κ3) is 3.98. The SMILES string of the molecule is CC1(C)C[C@H]2C[C@](C)(CN2C(=O)C[NH+]2CCN(c3ccc(F)cc3)CC2)C1. The maximum atomic E-state index is 13.1. The number of fused-ring (bicyclic) bond motifs is 2. The molecule has 2 heterocycles. The van der Waals surface area contributed by atoms with Crippen LogP contribution in [0.3, 0.4) is 0 Å². The number of likely N-dealkylation sites (tertiary alicyclic amines) is 1. The zero-order valence-corrected chi connectivity index (χ0v) is 16.9. The molecule has 2 atom stereocenters. The van der Waals surface area contributed by atoms with Gasteiger partial charge in [-0.25, -0.2) is 4.39 Å². The molecule has 0 radical (unpaired) electrons. The number of benzene rings is 1. The van der Waals surface area contributed by atoms with Crippen LogP contribution < -0.4 is 9.80 Å². The van der Waals surface area contributed by atoms with Gasteiger partial charge in [-0.15, -0.1) is 0 Å². The van der Waals surface area contributed by atoms with Crippen LogP contribution in [0.1, 0.15) is 40.0 Å². The van der Waals surface area contributed by atoms with E-state index in [1.54, 1.807) is 0 Å². The first-order valence-corrected chi connectivity index (χ1v) is 10.4. The van der Waals surface area contributed by atoms with Crippen molar-refractivity contribution in [3.05, 3.63) is 30.1 Å². The van der Waals surface area contributed by atoms with Crippen molar-refractivity contribution in [2.75, 3.05) is 44.2 Å². The van der Waals surface area contributed by atoms with E-state index in [-0.39, 0.29) is 5.82 Å². The van der Waals surface area contributed by atoms with Gasteiger partial charge in [0.2, 0.25) is 0 Å². The molecule has 1 aliphatic carbocycles. The Bertz CT molecular complexity index is 696. The molecule has 148 valence electrons. The number of halogens is 1. The Kier molecular flexibility index (Phi) is 4.69. The molecule has 4 rings (SSSR count). The summed E-state index contributed by atoms with van der Waals surface area (Å²) >= 11 is 0. The standard InChI is InChI=1S/C22H32FN3O/c1-21(2)12-19-13-22(3,15-21)16-26(19)20(27)14-24-8-10-25(11-9-24)18-6-4-17(23)5-7-18/h4-7,19H,8-16H2,1-3H3/p+1/t19-,22-/m0/s1. The van der Waals surface area contributed by atoms with Gasteiger partial charge in [-0.3, -0.25) is 4.79 Å². The molecule has 1 aromatic carbocycles. The minimum absolute atomic E-state index is 0.193. The lowest BCUT2D eigenvalue weighted by Crippen LogP contribution is -3.16. The maximum absolute atomic E-state index is 13.1. The fraction of sp³-hybridized carbons (Fsp3) is 0.682. The van der Waals surface area contributed by atoms with E-state index in [1.807, 2.05) is 12.1 Å². The van der Waals surface area contributed by atoms with Crippen molar-refractivity contribution in [1.82, 2.24) is 4.90 Å². The number of hydrogen-bond donors (Lipinski definition) is 1. The van der Waals surface area contributed by atoms with Gasteiger partial charge < -0.3 is 14.7 Å². The van der Waals surface area contributed by atoms with Crippen molar-refractivity contribution < 1.29 is 14.1 Å². The molecule has 0 spiro atoms. The first kappa shape index (κ1) is 18.7. The van der Waals surface area contributed by atoms with Crippen LogP contribution in [0.15, 0.2) is 24.3 Å². The maximum Gasteiger partial charge on any atom is 0.278 e. The van der Waals surface area contributed by atoms with Crippen molar-refractivity contribution in [2.24, 2.45) is 10.8 Å². The molecular formula is C22H33FN3O+. The predicted molar refractivity (Wildman–Crippen MR) is 105 cm³/mol. The van der Waals surface area contributed by atoms with Gasteiger partial charge in [0, 0.05) is 18.3 Å². The first-order chi connectivity index (χ1) is 12.7. The van der Waals surface area contributed by atoms with Crippen molar-refractivity contribution in [3.8, 4) is 0 Å². The summed E-state index contributed by atoms with van der Waals surface area (Å²) in [7, 11) is 0. The molecule has 2 saturated heterocycles. The second kappa shape index (κ2) is 6.77. The number of carbonyl (C=O) groups is 1. The third-order valence-corrected chi connectivity index (χ3v) is 6.80. The number of rotatable bonds is 3. The second-order valence-electron chi connectivity index (χ2n) is 10.1. The van der Waals surface area contributed by atoms with Gasteiger partial charge in [0.1, 0.15) is 5.82 Å². The van der Waals surface area contributed by atoms with E-state index in [2.05, 4.69) is 30.6 Å². The van der Waals surface area contributed by atoms with Crippen molar-refractivity contribution in [3.63, 3.8) is 0 Å². The lowest BCUT2D eigenvalue weighted by Gasteiger charge is -2.39.